The van der Waals surface area contributed by atoms with Crippen molar-refractivity contribution in [3.05, 3.63) is 0 Å². The van der Waals surface area contributed by atoms with Gasteiger partial charge in [0, 0.05) is 38.8 Å². The smallest absolute Gasteiger partial charge is 0.410 e. The Morgan fingerprint density at radius 3 is 2.21 bits per heavy atom. The van der Waals surface area contributed by atoms with Crippen LogP contribution in [0.5, 0.6) is 0 Å². The van der Waals surface area contributed by atoms with Crippen LogP contribution in [0.1, 0.15) is 41.5 Å². The van der Waals surface area contributed by atoms with Crippen molar-refractivity contribution in [1.82, 2.24) is 20.9 Å². The van der Waals surface area contributed by atoms with Crippen LogP contribution in [0.15, 0.2) is 4.99 Å². The zero-order valence-electron chi connectivity index (χ0n) is 16.0. The lowest BCUT2D eigenvalue weighted by atomic mass is 10.1. The van der Waals surface area contributed by atoms with Gasteiger partial charge < -0.3 is 25.6 Å². The molecule has 0 aromatic rings. The predicted octanol–water partition coefficient (Wildman–Crippen LogP) is 1.78. The third-order valence-electron chi connectivity index (χ3n) is 3.17. The van der Waals surface area contributed by atoms with Crippen molar-refractivity contribution in [2.24, 2.45) is 4.99 Å². The highest BCUT2D eigenvalue weighted by Crippen LogP contribution is 2.15. The Kier molecular flexibility index (Phi) is 9.34. The van der Waals surface area contributed by atoms with Crippen molar-refractivity contribution < 1.29 is 9.53 Å². The molecule has 1 amide bonds. The van der Waals surface area contributed by atoms with Gasteiger partial charge in [0.25, 0.3) is 0 Å². The summed E-state index contributed by atoms with van der Waals surface area (Å²) in [5, 5.41) is 9.99. The fraction of sp³-hybridized carbons (Fsp3) is 0.875. The average Bonchev–Trinajstić information content (AvgIpc) is 2.31. The summed E-state index contributed by atoms with van der Waals surface area (Å²) in [5.74, 6) is 0.759. The van der Waals surface area contributed by atoms with E-state index in [4.69, 9.17) is 4.74 Å². The zero-order chi connectivity index (χ0) is 17.7. The first kappa shape index (κ1) is 23.2. The maximum atomic E-state index is 11.9. The molecule has 1 fully saturated rings. The van der Waals surface area contributed by atoms with Crippen LogP contribution in [-0.4, -0.2) is 67.4 Å². The molecule has 0 bridgehead atoms. The number of amides is 1. The highest BCUT2D eigenvalue weighted by Gasteiger charge is 2.34. The molecular weight excluding hydrogens is 421 g/mol. The Morgan fingerprint density at radius 1 is 1.17 bits per heavy atom. The van der Waals surface area contributed by atoms with Gasteiger partial charge in [0.2, 0.25) is 0 Å². The van der Waals surface area contributed by atoms with E-state index in [2.05, 4.69) is 41.7 Å². The maximum Gasteiger partial charge on any atom is 0.410 e. The summed E-state index contributed by atoms with van der Waals surface area (Å²) in [4.78, 5) is 17.8. The van der Waals surface area contributed by atoms with Gasteiger partial charge in [0.05, 0.1) is 6.04 Å². The number of hydrogen-bond donors (Lipinski definition) is 3. The minimum atomic E-state index is -0.451. The standard InChI is InChI=1S/C16H33N5O2.HI/c1-15(2,3)19-9-8-18-13(17-7)20-12-10-21(11-12)14(22)23-16(4,5)6;/h12,19H,8-11H2,1-7H3,(H2,17,18,20);1H. The molecular formula is C16H34IN5O2. The number of likely N-dealkylation sites (tertiary alicyclic amines) is 1. The SMILES string of the molecule is CN=C(NCCNC(C)(C)C)NC1CN(C(=O)OC(C)(C)C)C1.I. The second kappa shape index (κ2) is 9.65. The van der Waals surface area contributed by atoms with E-state index in [0.717, 1.165) is 19.0 Å². The van der Waals surface area contributed by atoms with Gasteiger partial charge in [-0.1, -0.05) is 0 Å². The van der Waals surface area contributed by atoms with Gasteiger partial charge in [-0.05, 0) is 41.5 Å². The number of nitrogens with zero attached hydrogens (tertiary/aromatic N) is 2. The van der Waals surface area contributed by atoms with Gasteiger partial charge in [0.1, 0.15) is 5.60 Å². The van der Waals surface area contributed by atoms with Crippen LogP contribution in [-0.2, 0) is 4.74 Å². The first-order valence-corrected chi connectivity index (χ1v) is 8.20. The third kappa shape index (κ3) is 9.51. The Labute approximate surface area is 163 Å². The van der Waals surface area contributed by atoms with Crippen molar-refractivity contribution in [3.63, 3.8) is 0 Å². The maximum absolute atomic E-state index is 11.9. The number of guanidine groups is 1. The van der Waals surface area contributed by atoms with Gasteiger partial charge >= 0.3 is 6.09 Å². The minimum absolute atomic E-state index is 0. The van der Waals surface area contributed by atoms with Gasteiger partial charge in [-0.3, -0.25) is 4.99 Å². The van der Waals surface area contributed by atoms with Crippen LogP contribution < -0.4 is 16.0 Å². The Balaban J connectivity index is 0.00000529. The lowest BCUT2D eigenvalue weighted by molar-refractivity contribution is 0.00701. The normalized spacial score (nSPS) is 16.1. The highest BCUT2D eigenvalue weighted by atomic mass is 127. The summed E-state index contributed by atoms with van der Waals surface area (Å²) < 4.78 is 5.34. The fourth-order valence-corrected chi connectivity index (χ4v) is 2.05. The van der Waals surface area contributed by atoms with Crippen molar-refractivity contribution in [3.8, 4) is 0 Å². The summed E-state index contributed by atoms with van der Waals surface area (Å²) in [6.45, 7) is 15.0. The van der Waals surface area contributed by atoms with Crippen molar-refractivity contribution in [1.29, 1.82) is 0 Å². The van der Waals surface area contributed by atoms with Crippen molar-refractivity contribution in [2.75, 3.05) is 33.2 Å². The van der Waals surface area contributed by atoms with Crippen molar-refractivity contribution >= 4 is 36.0 Å². The van der Waals surface area contributed by atoms with Gasteiger partial charge in [-0.15, -0.1) is 24.0 Å². The molecule has 3 N–H and O–H groups in total. The van der Waals surface area contributed by atoms with E-state index in [-0.39, 0.29) is 41.7 Å². The molecule has 0 aromatic carbocycles. The molecule has 0 aliphatic carbocycles. The van der Waals surface area contributed by atoms with E-state index in [0.29, 0.717) is 13.1 Å². The van der Waals surface area contributed by atoms with E-state index in [1.54, 1.807) is 11.9 Å². The number of rotatable bonds is 4. The quantitative estimate of drug-likeness (QED) is 0.261. The van der Waals surface area contributed by atoms with Crippen LogP contribution in [0.2, 0.25) is 0 Å². The van der Waals surface area contributed by atoms with Crippen LogP contribution in [0.3, 0.4) is 0 Å². The molecule has 0 aromatic heterocycles. The molecule has 1 rings (SSSR count). The van der Waals surface area contributed by atoms with Crippen molar-refractivity contribution in [2.45, 2.75) is 58.7 Å². The number of carbonyl (C=O) groups is 1. The van der Waals surface area contributed by atoms with E-state index in [1.165, 1.54) is 0 Å². The van der Waals surface area contributed by atoms with Gasteiger partial charge in [-0.25, -0.2) is 4.79 Å². The molecule has 142 valence electrons. The fourth-order valence-electron chi connectivity index (χ4n) is 2.05. The second-order valence-electron chi connectivity index (χ2n) is 7.90. The molecule has 7 nitrogen and oxygen atoms in total. The number of halogens is 1. The van der Waals surface area contributed by atoms with E-state index >= 15 is 0 Å². The Hall–Kier alpha value is -0.770. The largest absolute Gasteiger partial charge is 0.444 e. The molecule has 0 radical (unpaired) electrons. The Bertz CT molecular complexity index is 423. The second-order valence-corrected chi connectivity index (χ2v) is 7.90. The first-order valence-electron chi connectivity index (χ1n) is 8.20. The molecule has 1 aliphatic rings. The lowest BCUT2D eigenvalue weighted by Gasteiger charge is -2.40. The highest BCUT2D eigenvalue weighted by molar-refractivity contribution is 14.0. The minimum Gasteiger partial charge on any atom is -0.444 e. The lowest BCUT2D eigenvalue weighted by Crippen LogP contribution is -2.63. The third-order valence-corrected chi connectivity index (χ3v) is 3.17. The number of nitrogens with one attached hydrogen (secondary N) is 3. The van der Waals surface area contributed by atoms with E-state index in [9.17, 15) is 4.79 Å². The summed E-state index contributed by atoms with van der Waals surface area (Å²) in [6.07, 6.45) is -0.257. The Morgan fingerprint density at radius 2 is 1.75 bits per heavy atom. The average molecular weight is 455 g/mol. The molecule has 1 heterocycles. The zero-order valence-corrected chi connectivity index (χ0v) is 18.4. The van der Waals surface area contributed by atoms with E-state index < -0.39 is 5.60 Å². The number of ether oxygens (including phenoxy) is 1. The summed E-state index contributed by atoms with van der Waals surface area (Å²) in [5.41, 5.74) is -0.340. The van der Waals surface area contributed by atoms with Gasteiger partial charge in [-0.2, -0.15) is 0 Å². The molecule has 1 aliphatic heterocycles. The first-order chi connectivity index (χ1) is 10.5. The topological polar surface area (TPSA) is 78.0 Å². The van der Waals surface area contributed by atoms with Gasteiger partial charge in [0.15, 0.2) is 5.96 Å². The molecule has 8 heteroatoms. The molecule has 0 unspecified atom stereocenters. The predicted molar refractivity (Wildman–Crippen MR) is 109 cm³/mol. The summed E-state index contributed by atoms with van der Waals surface area (Å²) in [7, 11) is 1.75. The van der Waals surface area contributed by atoms with Crippen LogP contribution in [0, 0.1) is 0 Å². The number of hydrogen-bond acceptors (Lipinski definition) is 4. The summed E-state index contributed by atoms with van der Waals surface area (Å²) in [6, 6.07) is 0.212. The molecule has 0 spiro atoms. The molecule has 0 atom stereocenters. The van der Waals surface area contributed by atoms with Crippen LogP contribution in [0.4, 0.5) is 4.79 Å². The molecule has 1 saturated heterocycles. The molecule has 0 saturated carbocycles. The summed E-state index contributed by atoms with van der Waals surface area (Å²) >= 11 is 0. The van der Waals surface area contributed by atoms with Crippen LogP contribution in [0.25, 0.3) is 0 Å². The van der Waals surface area contributed by atoms with E-state index in [1.807, 2.05) is 20.8 Å². The number of aliphatic imine (C=N–C) groups is 1. The van der Waals surface area contributed by atoms with Crippen LogP contribution >= 0.6 is 24.0 Å². The monoisotopic (exact) mass is 455 g/mol. The molecule has 24 heavy (non-hydrogen) atoms. The number of carbonyl (C=O) groups excluding carboxylic acids is 1.